The summed E-state index contributed by atoms with van der Waals surface area (Å²) in [5.74, 6) is 0.728. The second-order valence-electron chi connectivity index (χ2n) is 5.15. The number of anilines is 2. The number of nitrogens with one attached hydrogen (secondary N) is 2. The second kappa shape index (κ2) is 6.30. The Labute approximate surface area is 115 Å². The molecule has 100 valence electrons. The van der Waals surface area contributed by atoms with E-state index in [0.29, 0.717) is 0 Å². The molecule has 1 aliphatic rings. The predicted molar refractivity (Wildman–Crippen MR) is 79.9 cm³/mol. The van der Waals surface area contributed by atoms with Gasteiger partial charge in [0.1, 0.15) is 0 Å². The lowest BCUT2D eigenvalue weighted by molar-refractivity contribution is 0.393. The molecule has 1 fully saturated rings. The summed E-state index contributed by atoms with van der Waals surface area (Å²) >= 11 is 6.25. The van der Waals surface area contributed by atoms with E-state index in [-0.39, 0.29) is 0 Å². The molecule has 2 N–H and O–H groups in total. The summed E-state index contributed by atoms with van der Waals surface area (Å²) in [5, 5.41) is 7.71. The van der Waals surface area contributed by atoms with Crippen LogP contribution in [0.1, 0.15) is 12.8 Å². The minimum Gasteiger partial charge on any atom is -0.385 e. The van der Waals surface area contributed by atoms with Gasteiger partial charge in [0.25, 0.3) is 0 Å². The summed E-state index contributed by atoms with van der Waals surface area (Å²) in [7, 11) is 4.00. The normalized spacial score (nSPS) is 19.6. The number of halogens is 1. The highest BCUT2D eigenvalue weighted by Gasteiger charge is 2.12. The standard InChI is InChI=1S/C14H22ClN3/c1-18(2)14-6-5-12(8-13(14)15)17-10-11-4-3-7-16-9-11/h5-6,8,11,16-17H,3-4,7,9-10H2,1-2H3. The van der Waals surface area contributed by atoms with Crippen LogP contribution in [0.2, 0.25) is 5.02 Å². The van der Waals surface area contributed by atoms with Crippen molar-refractivity contribution in [2.75, 3.05) is 43.9 Å². The highest BCUT2D eigenvalue weighted by atomic mass is 35.5. The van der Waals surface area contributed by atoms with Gasteiger partial charge in [0, 0.05) is 26.3 Å². The van der Waals surface area contributed by atoms with E-state index >= 15 is 0 Å². The molecular formula is C14H22ClN3. The van der Waals surface area contributed by atoms with Gasteiger partial charge in [-0.1, -0.05) is 11.6 Å². The van der Waals surface area contributed by atoms with Crippen molar-refractivity contribution in [2.24, 2.45) is 5.92 Å². The van der Waals surface area contributed by atoms with Gasteiger partial charge in [-0.25, -0.2) is 0 Å². The van der Waals surface area contributed by atoms with E-state index < -0.39 is 0 Å². The molecule has 0 radical (unpaired) electrons. The average Bonchev–Trinajstić information content (AvgIpc) is 2.37. The number of hydrogen-bond acceptors (Lipinski definition) is 3. The van der Waals surface area contributed by atoms with Crippen LogP contribution in [0.15, 0.2) is 18.2 Å². The van der Waals surface area contributed by atoms with Gasteiger partial charge in [-0.3, -0.25) is 0 Å². The summed E-state index contributed by atoms with van der Waals surface area (Å²) in [6, 6.07) is 6.16. The van der Waals surface area contributed by atoms with Crippen LogP contribution in [0.25, 0.3) is 0 Å². The van der Waals surface area contributed by atoms with E-state index in [1.54, 1.807) is 0 Å². The van der Waals surface area contributed by atoms with Crippen molar-refractivity contribution in [3.63, 3.8) is 0 Å². The molecule has 1 unspecified atom stereocenters. The predicted octanol–water partition coefficient (Wildman–Crippen LogP) is 2.82. The van der Waals surface area contributed by atoms with E-state index in [1.165, 1.54) is 19.4 Å². The van der Waals surface area contributed by atoms with Crippen LogP contribution in [0.3, 0.4) is 0 Å². The molecule has 18 heavy (non-hydrogen) atoms. The SMILES string of the molecule is CN(C)c1ccc(NCC2CCCNC2)cc1Cl. The van der Waals surface area contributed by atoms with Gasteiger partial charge in [0.05, 0.1) is 10.7 Å². The second-order valence-corrected chi connectivity index (χ2v) is 5.56. The van der Waals surface area contributed by atoms with Crippen LogP contribution in [0, 0.1) is 5.92 Å². The minimum absolute atomic E-state index is 0.728. The third-order valence-electron chi connectivity index (χ3n) is 3.42. The summed E-state index contributed by atoms with van der Waals surface area (Å²) in [6.45, 7) is 3.31. The fourth-order valence-corrected chi connectivity index (χ4v) is 2.69. The summed E-state index contributed by atoms with van der Waals surface area (Å²) < 4.78 is 0. The maximum Gasteiger partial charge on any atom is 0.0659 e. The fraction of sp³-hybridized carbons (Fsp3) is 0.571. The van der Waals surface area contributed by atoms with Crippen molar-refractivity contribution in [3.8, 4) is 0 Å². The van der Waals surface area contributed by atoms with Crippen LogP contribution in [0.4, 0.5) is 11.4 Å². The molecule has 0 spiro atoms. The number of benzene rings is 1. The first-order chi connectivity index (χ1) is 8.66. The monoisotopic (exact) mass is 267 g/mol. The minimum atomic E-state index is 0.728. The van der Waals surface area contributed by atoms with Crippen molar-refractivity contribution in [2.45, 2.75) is 12.8 Å². The molecule has 0 aromatic heterocycles. The summed E-state index contributed by atoms with van der Waals surface area (Å²) in [6.07, 6.45) is 2.59. The highest BCUT2D eigenvalue weighted by Crippen LogP contribution is 2.27. The zero-order valence-corrected chi connectivity index (χ0v) is 11.9. The molecular weight excluding hydrogens is 246 g/mol. The lowest BCUT2D eigenvalue weighted by Gasteiger charge is -2.23. The van der Waals surface area contributed by atoms with Crippen LogP contribution in [-0.2, 0) is 0 Å². The Bertz CT molecular complexity index is 387. The van der Waals surface area contributed by atoms with E-state index in [4.69, 9.17) is 11.6 Å². The Hall–Kier alpha value is -0.930. The van der Waals surface area contributed by atoms with Gasteiger partial charge in [-0.2, -0.15) is 0 Å². The van der Waals surface area contributed by atoms with Crippen LogP contribution in [-0.4, -0.2) is 33.7 Å². The van der Waals surface area contributed by atoms with Crippen molar-refractivity contribution in [3.05, 3.63) is 23.2 Å². The molecule has 1 heterocycles. The molecule has 1 aromatic rings. The van der Waals surface area contributed by atoms with Crippen LogP contribution < -0.4 is 15.5 Å². The zero-order valence-electron chi connectivity index (χ0n) is 11.2. The third-order valence-corrected chi connectivity index (χ3v) is 3.73. The zero-order chi connectivity index (χ0) is 13.0. The molecule has 0 saturated carbocycles. The van der Waals surface area contributed by atoms with E-state index in [2.05, 4.69) is 22.8 Å². The van der Waals surface area contributed by atoms with Gasteiger partial charge in [0.2, 0.25) is 0 Å². The Kier molecular flexibility index (Phi) is 4.72. The fourth-order valence-electron chi connectivity index (χ4n) is 2.34. The third kappa shape index (κ3) is 3.53. The van der Waals surface area contributed by atoms with Crippen molar-refractivity contribution < 1.29 is 0 Å². The van der Waals surface area contributed by atoms with E-state index in [1.807, 2.05) is 25.1 Å². The van der Waals surface area contributed by atoms with Gasteiger partial charge < -0.3 is 15.5 Å². The van der Waals surface area contributed by atoms with E-state index in [9.17, 15) is 0 Å². The molecule has 1 saturated heterocycles. The molecule has 4 heteroatoms. The summed E-state index contributed by atoms with van der Waals surface area (Å²) in [5.41, 5.74) is 2.16. The van der Waals surface area contributed by atoms with Crippen LogP contribution in [0.5, 0.6) is 0 Å². The summed E-state index contributed by atoms with van der Waals surface area (Å²) in [4.78, 5) is 2.02. The van der Waals surface area contributed by atoms with Crippen molar-refractivity contribution in [1.82, 2.24) is 5.32 Å². The lowest BCUT2D eigenvalue weighted by atomic mass is 10.00. The smallest absolute Gasteiger partial charge is 0.0659 e. The first-order valence-electron chi connectivity index (χ1n) is 6.58. The Morgan fingerprint density at radius 1 is 1.44 bits per heavy atom. The molecule has 2 rings (SSSR count). The lowest BCUT2D eigenvalue weighted by Crippen LogP contribution is -2.33. The quantitative estimate of drug-likeness (QED) is 0.879. The molecule has 0 amide bonds. The number of rotatable bonds is 4. The van der Waals surface area contributed by atoms with Gasteiger partial charge in [-0.15, -0.1) is 0 Å². The largest absolute Gasteiger partial charge is 0.385 e. The highest BCUT2D eigenvalue weighted by molar-refractivity contribution is 6.33. The van der Waals surface area contributed by atoms with Gasteiger partial charge in [0.15, 0.2) is 0 Å². The maximum atomic E-state index is 6.25. The van der Waals surface area contributed by atoms with E-state index in [0.717, 1.165) is 35.4 Å². The Balaban J connectivity index is 1.91. The van der Waals surface area contributed by atoms with Gasteiger partial charge >= 0.3 is 0 Å². The Morgan fingerprint density at radius 2 is 2.28 bits per heavy atom. The Morgan fingerprint density at radius 3 is 2.89 bits per heavy atom. The van der Waals surface area contributed by atoms with Crippen molar-refractivity contribution in [1.29, 1.82) is 0 Å². The molecule has 0 bridgehead atoms. The molecule has 0 aliphatic carbocycles. The average molecular weight is 268 g/mol. The number of hydrogen-bond donors (Lipinski definition) is 2. The maximum absolute atomic E-state index is 6.25. The molecule has 1 atom stereocenters. The van der Waals surface area contributed by atoms with Crippen LogP contribution >= 0.6 is 11.6 Å². The first kappa shape index (κ1) is 13.5. The first-order valence-corrected chi connectivity index (χ1v) is 6.96. The van der Waals surface area contributed by atoms with Crippen molar-refractivity contribution >= 4 is 23.0 Å². The number of piperidine rings is 1. The molecule has 3 nitrogen and oxygen atoms in total. The number of nitrogens with zero attached hydrogens (tertiary/aromatic N) is 1. The van der Waals surface area contributed by atoms with Gasteiger partial charge in [-0.05, 0) is 50.0 Å². The topological polar surface area (TPSA) is 27.3 Å². The molecule has 1 aliphatic heterocycles. The molecule has 1 aromatic carbocycles.